The highest BCUT2D eigenvalue weighted by Gasteiger charge is 2.34. The number of nitrogens with one attached hydrogen (secondary N) is 1. The molecule has 0 radical (unpaired) electrons. The Kier molecular flexibility index (Phi) is 5.18. The van der Waals surface area contributed by atoms with E-state index in [1.54, 1.807) is 17.6 Å². The predicted molar refractivity (Wildman–Crippen MR) is 120 cm³/mol. The average molecular weight is 441 g/mol. The van der Waals surface area contributed by atoms with Crippen LogP contribution in [0.2, 0.25) is 0 Å². The molecule has 164 valence electrons. The van der Waals surface area contributed by atoms with Gasteiger partial charge in [-0.1, -0.05) is 0 Å². The fourth-order valence-corrected chi connectivity index (χ4v) is 6.18. The van der Waals surface area contributed by atoms with E-state index in [4.69, 9.17) is 0 Å². The van der Waals surface area contributed by atoms with Crippen LogP contribution in [0, 0.1) is 0 Å². The minimum Gasteiger partial charge on any atom is -0.363 e. The molecule has 0 bridgehead atoms. The van der Waals surface area contributed by atoms with Gasteiger partial charge in [-0.25, -0.2) is 27.7 Å². The first-order valence-corrected chi connectivity index (χ1v) is 12.6. The Morgan fingerprint density at radius 3 is 2.94 bits per heavy atom. The van der Waals surface area contributed by atoms with Crippen LogP contribution >= 0.6 is 0 Å². The molecule has 1 N–H and O–H groups in total. The molecule has 3 aromatic rings. The van der Waals surface area contributed by atoms with Crippen molar-refractivity contribution in [3.8, 4) is 0 Å². The summed E-state index contributed by atoms with van der Waals surface area (Å²) in [5, 5.41) is 1.11. The molecule has 5 heterocycles. The van der Waals surface area contributed by atoms with Crippen molar-refractivity contribution in [1.29, 1.82) is 0 Å². The molecule has 0 aliphatic carbocycles. The summed E-state index contributed by atoms with van der Waals surface area (Å²) < 4.78 is 26.6. The lowest BCUT2D eigenvalue weighted by atomic mass is 9.88. The second-order valence-electron chi connectivity index (χ2n) is 8.53. The number of aromatic amines is 1. The minimum atomic E-state index is -3.19. The zero-order chi connectivity index (χ0) is 21.6. The van der Waals surface area contributed by atoms with E-state index < -0.39 is 10.0 Å². The molecule has 0 saturated carbocycles. The largest absolute Gasteiger partial charge is 0.363 e. The van der Waals surface area contributed by atoms with Crippen LogP contribution in [0.1, 0.15) is 49.6 Å². The van der Waals surface area contributed by atoms with E-state index in [-0.39, 0.29) is 11.7 Å². The van der Waals surface area contributed by atoms with Crippen molar-refractivity contribution in [2.45, 2.75) is 51.6 Å². The number of H-pyrrole nitrogens is 1. The number of nitrogens with zero attached hydrogens (tertiary/aromatic N) is 5. The second-order valence-corrected chi connectivity index (χ2v) is 10.8. The van der Waals surface area contributed by atoms with E-state index in [2.05, 4.69) is 43.9 Å². The van der Waals surface area contributed by atoms with E-state index >= 15 is 0 Å². The van der Waals surface area contributed by atoms with E-state index in [0.29, 0.717) is 25.7 Å². The summed E-state index contributed by atoms with van der Waals surface area (Å²) in [7, 11) is -3.19. The van der Waals surface area contributed by atoms with Gasteiger partial charge in [0.15, 0.2) is 0 Å². The van der Waals surface area contributed by atoms with E-state index in [1.807, 2.05) is 12.4 Å². The standard InChI is InChI=1S/C22H28N6O2S/c1-3-31(29,30)27-10-4-5-16(12-27)21-18-13-28(15(2)11-19(18)25-14-26-21)20-7-9-24-22-17(20)6-8-23-22/h6-9,14-16H,3-5,10-13H2,1-2H3,(H,23,24)/t15-,16?/m1/s1. The van der Waals surface area contributed by atoms with Crippen molar-refractivity contribution >= 4 is 26.7 Å². The molecule has 1 saturated heterocycles. The van der Waals surface area contributed by atoms with Crippen LogP contribution in [0.15, 0.2) is 30.9 Å². The maximum atomic E-state index is 12.5. The number of aromatic nitrogens is 4. The maximum Gasteiger partial charge on any atom is 0.213 e. The number of sulfonamides is 1. The average Bonchev–Trinajstić information content (AvgIpc) is 3.27. The first kappa shape index (κ1) is 20.4. The number of hydrogen-bond acceptors (Lipinski definition) is 6. The molecular formula is C22H28N6O2S. The summed E-state index contributed by atoms with van der Waals surface area (Å²) in [5.41, 5.74) is 5.29. The summed E-state index contributed by atoms with van der Waals surface area (Å²) in [6.07, 6.45) is 8.06. The maximum absolute atomic E-state index is 12.5. The van der Waals surface area contributed by atoms with Crippen molar-refractivity contribution in [3.05, 3.63) is 47.8 Å². The Bertz CT molecular complexity index is 1210. The van der Waals surface area contributed by atoms with Crippen LogP contribution in [0.4, 0.5) is 5.69 Å². The normalized spacial score (nSPS) is 22.6. The van der Waals surface area contributed by atoms with Crippen LogP contribution in [0.5, 0.6) is 0 Å². The van der Waals surface area contributed by atoms with Gasteiger partial charge in [0, 0.05) is 67.0 Å². The molecule has 0 spiro atoms. The molecule has 3 aromatic heterocycles. The zero-order valence-corrected chi connectivity index (χ0v) is 18.8. The first-order chi connectivity index (χ1) is 15.0. The van der Waals surface area contributed by atoms with E-state index in [9.17, 15) is 8.42 Å². The number of rotatable bonds is 4. The third-order valence-corrected chi connectivity index (χ3v) is 8.54. The van der Waals surface area contributed by atoms with Crippen molar-refractivity contribution in [2.75, 3.05) is 23.7 Å². The van der Waals surface area contributed by atoms with E-state index in [0.717, 1.165) is 52.9 Å². The molecule has 31 heavy (non-hydrogen) atoms. The van der Waals surface area contributed by atoms with Gasteiger partial charge in [0.1, 0.15) is 12.0 Å². The molecule has 0 aromatic carbocycles. The van der Waals surface area contributed by atoms with Crippen LogP contribution in [-0.2, 0) is 23.0 Å². The summed E-state index contributed by atoms with van der Waals surface area (Å²) in [6, 6.07) is 4.42. The molecule has 5 rings (SSSR count). The summed E-state index contributed by atoms with van der Waals surface area (Å²) in [6.45, 7) is 5.76. The van der Waals surface area contributed by atoms with Gasteiger partial charge in [0.2, 0.25) is 10.0 Å². The Morgan fingerprint density at radius 2 is 2.10 bits per heavy atom. The van der Waals surface area contributed by atoms with Crippen molar-refractivity contribution in [3.63, 3.8) is 0 Å². The van der Waals surface area contributed by atoms with Crippen molar-refractivity contribution in [1.82, 2.24) is 24.2 Å². The Morgan fingerprint density at radius 1 is 1.23 bits per heavy atom. The lowest BCUT2D eigenvalue weighted by Crippen LogP contribution is -2.42. The number of hydrogen-bond donors (Lipinski definition) is 1. The number of anilines is 1. The molecule has 0 amide bonds. The lowest BCUT2D eigenvalue weighted by Gasteiger charge is -2.39. The zero-order valence-electron chi connectivity index (χ0n) is 18.0. The predicted octanol–water partition coefficient (Wildman–Crippen LogP) is 2.83. The molecule has 1 unspecified atom stereocenters. The van der Waals surface area contributed by atoms with Gasteiger partial charge in [-0.2, -0.15) is 0 Å². The molecule has 2 aliphatic rings. The number of pyridine rings is 1. The number of piperidine rings is 1. The summed E-state index contributed by atoms with van der Waals surface area (Å²) in [4.78, 5) is 19.3. The van der Waals surface area contributed by atoms with Crippen LogP contribution < -0.4 is 4.90 Å². The van der Waals surface area contributed by atoms with Crippen LogP contribution in [0.3, 0.4) is 0 Å². The fourth-order valence-electron chi connectivity index (χ4n) is 5.00. The van der Waals surface area contributed by atoms with Gasteiger partial charge in [-0.05, 0) is 38.8 Å². The molecule has 8 nitrogen and oxygen atoms in total. The highest BCUT2D eigenvalue weighted by Crippen LogP contribution is 2.36. The number of fused-ring (bicyclic) bond motifs is 2. The van der Waals surface area contributed by atoms with E-state index in [1.165, 1.54) is 0 Å². The molecular weight excluding hydrogens is 412 g/mol. The monoisotopic (exact) mass is 440 g/mol. The SMILES string of the molecule is CCS(=O)(=O)N1CCCC(c2ncnc3c2CN(c2ccnc4[nH]ccc24)[C@H](C)C3)C1. The highest BCUT2D eigenvalue weighted by molar-refractivity contribution is 7.89. The summed E-state index contributed by atoms with van der Waals surface area (Å²) >= 11 is 0. The van der Waals surface area contributed by atoms with Crippen molar-refractivity contribution < 1.29 is 8.42 Å². The van der Waals surface area contributed by atoms with Gasteiger partial charge in [-0.3, -0.25) is 0 Å². The topological polar surface area (TPSA) is 95.1 Å². The third kappa shape index (κ3) is 3.59. The fraction of sp³-hybridized carbons (Fsp3) is 0.500. The van der Waals surface area contributed by atoms with Gasteiger partial charge in [-0.15, -0.1) is 0 Å². The Hall–Kier alpha value is -2.52. The smallest absolute Gasteiger partial charge is 0.213 e. The highest BCUT2D eigenvalue weighted by atomic mass is 32.2. The van der Waals surface area contributed by atoms with Gasteiger partial charge in [0.05, 0.1) is 17.1 Å². The van der Waals surface area contributed by atoms with Gasteiger partial charge >= 0.3 is 0 Å². The Balaban J connectivity index is 1.50. The Labute approximate surface area is 182 Å². The third-order valence-electron chi connectivity index (χ3n) is 6.69. The lowest BCUT2D eigenvalue weighted by molar-refractivity contribution is 0.311. The second kappa shape index (κ2) is 7.87. The molecule has 2 aliphatic heterocycles. The molecule has 9 heteroatoms. The van der Waals surface area contributed by atoms with Crippen LogP contribution in [-0.4, -0.2) is 57.5 Å². The quantitative estimate of drug-likeness (QED) is 0.670. The molecule has 1 fully saturated rings. The molecule has 2 atom stereocenters. The van der Waals surface area contributed by atoms with Crippen LogP contribution in [0.25, 0.3) is 11.0 Å². The summed E-state index contributed by atoms with van der Waals surface area (Å²) in [5.74, 6) is 0.244. The van der Waals surface area contributed by atoms with Gasteiger partial charge in [0.25, 0.3) is 0 Å². The van der Waals surface area contributed by atoms with Crippen molar-refractivity contribution in [2.24, 2.45) is 0 Å². The first-order valence-electron chi connectivity index (χ1n) is 11.0. The van der Waals surface area contributed by atoms with Gasteiger partial charge < -0.3 is 9.88 Å². The minimum absolute atomic E-state index is 0.104.